The van der Waals surface area contributed by atoms with E-state index in [4.69, 9.17) is 4.74 Å². The molecule has 0 aromatic heterocycles. The minimum Gasteiger partial charge on any atom is -0.493 e. The molecule has 0 aliphatic carbocycles. The lowest BCUT2D eigenvalue weighted by Crippen LogP contribution is -2.01. The fourth-order valence-corrected chi connectivity index (χ4v) is 2.07. The Labute approximate surface area is 90.3 Å². The summed E-state index contributed by atoms with van der Waals surface area (Å²) in [6, 6.07) is 8.18. The third-order valence-electron chi connectivity index (χ3n) is 2.88. The van der Waals surface area contributed by atoms with Gasteiger partial charge in [0.25, 0.3) is 0 Å². The van der Waals surface area contributed by atoms with Gasteiger partial charge in [-0.25, -0.2) is 0 Å². The Morgan fingerprint density at radius 2 is 2.27 bits per heavy atom. The molecule has 0 N–H and O–H groups in total. The molecule has 0 bridgehead atoms. The van der Waals surface area contributed by atoms with E-state index in [1.807, 2.05) is 18.2 Å². The van der Waals surface area contributed by atoms with Crippen molar-refractivity contribution in [3.05, 3.63) is 29.8 Å². The first-order valence-corrected chi connectivity index (χ1v) is 5.48. The van der Waals surface area contributed by atoms with E-state index in [1.165, 1.54) is 5.56 Å². The first-order valence-electron chi connectivity index (χ1n) is 5.48. The summed E-state index contributed by atoms with van der Waals surface area (Å²) < 4.78 is 5.58. The Morgan fingerprint density at radius 3 is 3.07 bits per heavy atom. The van der Waals surface area contributed by atoms with E-state index >= 15 is 0 Å². The molecule has 15 heavy (non-hydrogen) atoms. The van der Waals surface area contributed by atoms with Crippen molar-refractivity contribution in [2.24, 2.45) is 0 Å². The van der Waals surface area contributed by atoms with Crippen LogP contribution in [0.3, 0.4) is 0 Å². The average Bonchev–Trinajstić information content (AvgIpc) is 2.62. The highest BCUT2D eigenvalue weighted by Gasteiger charge is 2.22. The molecule has 1 unspecified atom stereocenters. The van der Waals surface area contributed by atoms with Crippen LogP contribution in [-0.4, -0.2) is 12.4 Å². The molecule has 1 aromatic rings. The van der Waals surface area contributed by atoms with Crippen molar-refractivity contribution in [3.63, 3.8) is 0 Å². The Balaban J connectivity index is 1.93. The number of rotatable bonds is 4. The van der Waals surface area contributed by atoms with Gasteiger partial charge in [-0.15, -0.1) is 0 Å². The summed E-state index contributed by atoms with van der Waals surface area (Å²) in [4.78, 5) is 10.8. The number of para-hydroxylation sites is 1. The topological polar surface area (TPSA) is 26.3 Å². The molecule has 1 aromatic carbocycles. The normalized spacial score (nSPS) is 18.3. The van der Waals surface area contributed by atoms with E-state index in [9.17, 15) is 4.79 Å². The van der Waals surface area contributed by atoms with Gasteiger partial charge in [0.05, 0.1) is 6.61 Å². The molecular weight excluding hydrogens is 188 g/mol. The number of benzene rings is 1. The predicted molar refractivity (Wildman–Crippen MR) is 59.2 cm³/mol. The van der Waals surface area contributed by atoms with E-state index in [2.05, 4.69) is 6.07 Å². The van der Waals surface area contributed by atoms with Gasteiger partial charge in [-0.3, -0.25) is 0 Å². The third kappa shape index (κ3) is 2.38. The molecule has 0 saturated carbocycles. The molecule has 1 aliphatic rings. The van der Waals surface area contributed by atoms with E-state index in [1.54, 1.807) is 6.92 Å². The molecule has 0 fully saturated rings. The smallest absolute Gasteiger partial charge is 0.129 e. The highest BCUT2D eigenvalue weighted by atomic mass is 16.5. The van der Waals surface area contributed by atoms with Crippen LogP contribution in [0.2, 0.25) is 0 Å². The Bertz CT molecular complexity index is 357. The van der Waals surface area contributed by atoms with Crippen LogP contribution < -0.4 is 4.74 Å². The summed E-state index contributed by atoms with van der Waals surface area (Å²) in [5, 5.41) is 0. The molecule has 0 spiro atoms. The second-order valence-corrected chi connectivity index (χ2v) is 4.14. The predicted octanol–water partition coefficient (Wildman–Crippen LogP) is 2.92. The van der Waals surface area contributed by atoms with Crippen LogP contribution in [0.4, 0.5) is 0 Å². The van der Waals surface area contributed by atoms with Gasteiger partial charge in [0.1, 0.15) is 11.5 Å². The van der Waals surface area contributed by atoms with Crippen molar-refractivity contribution in [2.45, 2.75) is 32.1 Å². The number of hydrogen-bond acceptors (Lipinski definition) is 2. The first-order chi connectivity index (χ1) is 7.27. The van der Waals surface area contributed by atoms with Crippen LogP contribution >= 0.6 is 0 Å². The number of carbonyl (C=O) groups is 1. The van der Waals surface area contributed by atoms with Crippen molar-refractivity contribution in [3.8, 4) is 5.75 Å². The minimum atomic E-state index is 0.280. The van der Waals surface area contributed by atoms with Gasteiger partial charge in [-0.2, -0.15) is 0 Å². The van der Waals surface area contributed by atoms with Gasteiger partial charge < -0.3 is 9.53 Å². The van der Waals surface area contributed by atoms with Crippen LogP contribution in [0.25, 0.3) is 0 Å². The molecule has 0 saturated heterocycles. The molecule has 2 heteroatoms. The summed E-state index contributed by atoms with van der Waals surface area (Å²) in [7, 11) is 0. The first kappa shape index (κ1) is 10.2. The van der Waals surface area contributed by atoms with E-state index in [-0.39, 0.29) is 5.78 Å². The van der Waals surface area contributed by atoms with Crippen LogP contribution in [0, 0.1) is 0 Å². The number of fused-ring (bicyclic) bond motifs is 1. The Hall–Kier alpha value is -1.31. The molecule has 2 nitrogen and oxygen atoms in total. The molecule has 1 heterocycles. The molecule has 1 aliphatic heterocycles. The SMILES string of the molecule is CC(=O)CCCC1COc2ccccc21. The molecule has 2 rings (SSSR count). The summed E-state index contributed by atoms with van der Waals surface area (Å²) in [6.45, 7) is 2.43. The molecule has 1 atom stereocenters. The zero-order chi connectivity index (χ0) is 10.7. The van der Waals surface area contributed by atoms with Crippen LogP contribution in [0.5, 0.6) is 5.75 Å². The highest BCUT2D eigenvalue weighted by molar-refractivity contribution is 5.75. The number of carbonyl (C=O) groups excluding carboxylic acids is 1. The zero-order valence-electron chi connectivity index (χ0n) is 9.03. The standard InChI is InChI=1S/C13H16O2/c1-10(14)5-4-6-11-9-15-13-8-3-2-7-12(11)13/h2-3,7-8,11H,4-6,9H2,1H3. The van der Waals surface area contributed by atoms with E-state index in [0.717, 1.165) is 25.2 Å². The fourth-order valence-electron chi connectivity index (χ4n) is 2.07. The van der Waals surface area contributed by atoms with Crippen LogP contribution in [-0.2, 0) is 4.79 Å². The van der Waals surface area contributed by atoms with Gasteiger partial charge in [0.15, 0.2) is 0 Å². The molecule has 0 amide bonds. The van der Waals surface area contributed by atoms with E-state index in [0.29, 0.717) is 12.3 Å². The average molecular weight is 204 g/mol. The number of ketones is 1. The maximum absolute atomic E-state index is 10.8. The lowest BCUT2D eigenvalue weighted by molar-refractivity contribution is -0.117. The van der Waals surface area contributed by atoms with E-state index < -0.39 is 0 Å². The summed E-state index contributed by atoms with van der Waals surface area (Å²) >= 11 is 0. The van der Waals surface area contributed by atoms with Gasteiger partial charge >= 0.3 is 0 Å². The number of Topliss-reactive ketones (excluding diaryl/α,β-unsaturated/α-hetero) is 1. The summed E-state index contributed by atoms with van der Waals surface area (Å²) in [5.41, 5.74) is 1.31. The Kier molecular flexibility index (Phi) is 3.05. The number of ether oxygens (including phenoxy) is 1. The van der Waals surface area contributed by atoms with Crippen LogP contribution in [0.15, 0.2) is 24.3 Å². The van der Waals surface area contributed by atoms with Gasteiger partial charge in [-0.1, -0.05) is 18.2 Å². The van der Waals surface area contributed by atoms with Crippen molar-refractivity contribution < 1.29 is 9.53 Å². The quantitative estimate of drug-likeness (QED) is 0.753. The van der Waals surface area contributed by atoms with Crippen molar-refractivity contribution >= 4 is 5.78 Å². The minimum absolute atomic E-state index is 0.280. The second-order valence-electron chi connectivity index (χ2n) is 4.14. The van der Waals surface area contributed by atoms with Gasteiger partial charge in [-0.05, 0) is 25.8 Å². The monoisotopic (exact) mass is 204 g/mol. The second kappa shape index (κ2) is 4.47. The zero-order valence-corrected chi connectivity index (χ0v) is 9.03. The van der Waals surface area contributed by atoms with Gasteiger partial charge in [0, 0.05) is 17.9 Å². The van der Waals surface area contributed by atoms with Crippen molar-refractivity contribution in [1.29, 1.82) is 0 Å². The van der Waals surface area contributed by atoms with Crippen molar-refractivity contribution in [1.82, 2.24) is 0 Å². The molecule has 0 radical (unpaired) electrons. The molecule has 80 valence electrons. The van der Waals surface area contributed by atoms with Crippen LogP contribution in [0.1, 0.15) is 37.7 Å². The lowest BCUT2D eigenvalue weighted by Gasteiger charge is -2.06. The highest BCUT2D eigenvalue weighted by Crippen LogP contribution is 2.36. The fraction of sp³-hybridized carbons (Fsp3) is 0.462. The van der Waals surface area contributed by atoms with Gasteiger partial charge in [0.2, 0.25) is 0 Å². The number of hydrogen-bond donors (Lipinski definition) is 0. The lowest BCUT2D eigenvalue weighted by atomic mass is 9.95. The third-order valence-corrected chi connectivity index (χ3v) is 2.88. The van der Waals surface area contributed by atoms with Crippen molar-refractivity contribution in [2.75, 3.05) is 6.61 Å². The molecular formula is C13H16O2. The largest absolute Gasteiger partial charge is 0.493 e. The summed E-state index contributed by atoms with van der Waals surface area (Å²) in [6.07, 6.45) is 2.72. The maximum atomic E-state index is 10.8. The maximum Gasteiger partial charge on any atom is 0.129 e. The Morgan fingerprint density at radius 1 is 1.47 bits per heavy atom. The summed E-state index contributed by atoms with van der Waals surface area (Å²) in [5.74, 6) is 1.79.